The average molecular weight is 306 g/mol. The molecular weight excluding hydrogens is 280 g/mol. The molecule has 0 fully saturated rings. The topological polar surface area (TPSA) is 78.4 Å². The SMILES string of the molecule is CC(C)c1ccc(NC(=O)CCCCCCC(=O)NO)cc1. The van der Waals surface area contributed by atoms with E-state index in [1.165, 1.54) is 5.56 Å². The molecule has 0 unspecified atom stereocenters. The molecule has 3 N–H and O–H groups in total. The maximum atomic E-state index is 11.8. The van der Waals surface area contributed by atoms with Crippen LogP contribution in [-0.2, 0) is 9.59 Å². The van der Waals surface area contributed by atoms with Crippen LogP contribution in [0.15, 0.2) is 24.3 Å². The molecule has 1 aromatic carbocycles. The molecule has 22 heavy (non-hydrogen) atoms. The van der Waals surface area contributed by atoms with Crippen LogP contribution in [-0.4, -0.2) is 17.0 Å². The van der Waals surface area contributed by atoms with E-state index in [2.05, 4.69) is 19.2 Å². The van der Waals surface area contributed by atoms with Crippen molar-refractivity contribution in [3.05, 3.63) is 29.8 Å². The van der Waals surface area contributed by atoms with Gasteiger partial charge in [0.2, 0.25) is 11.8 Å². The number of carbonyl (C=O) groups excluding carboxylic acids is 2. The lowest BCUT2D eigenvalue weighted by Crippen LogP contribution is -2.17. The number of hydrogen-bond acceptors (Lipinski definition) is 3. The van der Waals surface area contributed by atoms with E-state index in [1.807, 2.05) is 24.3 Å². The fourth-order valence-electron chi connectivity index (χ4n) is 2.16. The van der Waals surface area contributed by atoms with Gasteiger partial charge in [-0.1, -0.05) is 38.8 Å². The van der Waals surface area contributed by atoms with Crippen LogP contribution in [0.1, 0.15) is 63.9 Å². The predicted octanol–water partition coefficient (Wildman–Crippen LogP) is 3.59. The average Bonchev–Trinajstić information content (AvgIpc) is 2.50. The maximum absolute atomic E-state index is 11.8. The van der Waals surface area contributed by atoms with Crippen LogP contribution < -0.4 is 10.8 Å². The summed E-state index contributed by atoms with van der Waals surface area (Å²) in [6.07, 6.45) is 4.12. The number of nitrogens with one attached hydrogen (secondary N) is 2. The minimum atomic E-state index is -0.359. The van der Waals surface area contributed by atoms with Crippen molar-refractivity contribution >= 4 is 17.5 Å². The Morgan fingerprint density at radius 2 is 1.50 bits per heavy atom. The lowest BCUT2D eigenvalue weighted by molar-refractivity contribution is -0.129. The zero-order chi connectivity index (χ0) is 16.4. The van der Waals surface area contributed by atoms with E-state index in [4.69, 9.17) is 5.21 Å². The summed E-state index contributed by atoms with van der Waals surface area (Å²) in [5, 5.41) is 11.2. The highest BCUT2D eigenvalue weighted by atomic mass is 16.5. The van der Waals surface area contributed by atoms with Crippen molar-refractivity contribution in [2.24, 2.45) is 0 Å². The molecule has 0 aliphatic rings. The van der Waals surface area contributed by atoms with Crippen molar-refractivity contribution in [2.75, 3.05) is 5.32 Å². The van der Waals surface area contributed by atoms with Gasteiger partial charge >= 0.3 is 0 Å². The number of hydroxylamine groups is 1. The van der Waals surface area contributed by atoms with Crippen molar-refractivity contribution < 1.29 is 14.8 Å². The first kappa shape index (κ1) is 18.2. The van der Waals surface area contributed by atoms with Crippen molar-refractivity contribution in [3.63, 3.8) is 0 Å². The smallest absolute Gasteiger partial charge is 0.243 e. The summed E-state index contributed by atoms with van der Waals surface area (Å²) in [4.78, 5) is 22.6. The quantitative estimate of drug-likeness (QED) is 0.370. The molecule has 0 bridgehead atoms. The van der Waals surface area contributed by atoms with E-state index in [1.54, 1.807) is 5.48 Å². The molecule has 0 saturated heterocycles. The molecule has 1 aromatic rings. The van der Waals surface area contributed by atoms with Gasteiger partial charge in [-0.15, -0.1) is 0 Å². The van der Waals surface area contributed by atoms with Crippen LogP contribution >= 0.6 is 0 Å². The van der Waals surface area contributed by atoms with Gasteiger partial charge in [-0.2, -0.15) is 0 Å². The van der Waals surface area contributed by atoms with E-state index in [0.717, 1.165) is 31.4 Å². The van der Waals surface area contributed by atoms with Crippen LogP contribution in [0, 0.1) is 0 Å². The van der Waals surface area contributed by atoms with E-state index >= 15 is 0 Å². The Labute approximate surface area is 132 Å². The summed E-state index contributed by atoms with van der Waals surface area (Å²) in [5.74, 6) is 0.144. The van der Waals surface area contributed by atoms with E-state index in [-0.39, 0.29) is 11.8 Å². The van der Waals surface area contributed by atoms with Gasteiger partial charge in [0, 0.05) is 18.5 Å². The number of benzene rings is 1. The molecule has 0 heterocycles. The lowest BCUT2D eigenvalue weighted by atomic mass is 10.0. The number of amides is 2. The maximum Gasteiger partial charge on any atom is 0.243 e. The van der Waals surface area contributed by atoms with E-state index < -0.39 is 0 Å². The fraction of sp³-hybridized carbons (Fsp3) is 0.529. The number of hydrogen-bond donors (Lipinski definition) is 3. The zero-order valence-corrected chi connectivity index (χ0v) is 13.4. The van der Waals surface area contributed by atoms with Crippen LogP contribution in [0.2, 0.25) is 0 Å². The molecule has 0 spiro atoms. The third kappa shape index (κ3) is 7.22. The van der Waals surface area contributed by atoms with Crippen LogP contribution in [0.5, 0.6) is 0 Å². The summed E-state index contributed by atoms with van der Waals surface area (Å²) >= 11 is 0. The third-order valence-electron chi connectivity index (χ3n) is 3.54. The normalized spacial score (nSPS) is 10.5. The molecule has 5 nitrogen and oxygen atoms in total. The molecule has 0 aliphatic carbocycles. The van der Waals surface area contributed by atoms with Crippen molar-refractivity contribution in [1.82, 2.24) is 5.48 Å². The van der Waals surface area contributed by atoms with Gasteiger partial charge in [0.25, 0.3) is 0 Å². The van der Waals surface area contributed by atoms with Crippen LogP contribution in [0.4, 0.5) is 5.69 Å². The first-order chi connectivity index (χ1) is 10.5. The highest BCUT2D eigenvalue weighted by Crippen LogP contribution is 2.17. The molecule has 5 heteroatoms. The third-order valence-corrected chi connectivity index (χ3v) is 3.54. The number of rotatable bonds is 9. The van der Waals surface area contributed by atoms with Crippen LogP contribution in [0.3, 0.4) is 0 Å². The minimum absolute atomic E-state index is 0.0189. The first-order valence-corrected chi connectivity index (χ1v) is 7.85. The standard InChI is InChI=1S/C17H26N2O3/c1-13(2)14-9-11-15(12-10-14)18-16(20)7-5-3-4-6-8-17(21)19-22/h9-13,22H,3-8H2,1-2H3,(H,18,20)(H,19,21). The van der Waals surface area contributed by atoms with Crippen LogP contribution in [0.25, 0.3) is 0 Å². The van der Waals surface area contributed by atoms with E-state index in [9.17, 15) is 9.59 Å². The first-order valence-electron chi connectivity index (χ1n) is 7.85. The molecule has 0 aliphatic heterocycles. The molecule has 0 radical (unpaired) electrons. The summed E-state index contributed by atoms with van der Waals surface area (Å²) in [6, 6.07) is 7.93. The second-order valence-corrected chi connectivity index (χ2v) is 5.77. The Morgan fingerprint density at radius 3 is 2.00 bits per heavy atom. The Kier molecular flexibility index (Phi) is 8.22. The molecular formula is C17H26N2O3. The van der Waals surface area contributed by atoms with Gasteiger partial charge in [-0.25, -0.2) is 5.48 Å². The largest absolute Gasteiger partial charge is 0.326 e. The summed E-state index contributed by atoms with van der Waals surface area (Å²) < 4.78 is 0. The highest BCUT2D eigenvalue weighted by Gasteiger charge is 2.04. The Balaban J connectivity index is 2.17. The van der Waals surface area contributed by atoms with Gasteiger partial charge < -0.3 is 5.32 Å². The monoisotopic (exact) mass is 306 g/mol. The Hall–Kier alpha value is -1.88. The number of unbranched alkanes of at least 4 members (excludes halogenated alkanes) is 3. The van der Waals surface area contributed by atoms with Gasteiger partial charge in [-0.05, 0) is 36.5 Å². The molecule has 0 saturated carbocycles. The summed E-state index contributed by atoms with van der Waals surface area (Å²) in [6.45, 7) is 4.27. The second-order valence-electron chi connectivity index (χ2n) is 5.77. The van der Waals surface area contributed by atoms with Crippen molar-refractivity contribution in [1.29, 1.82) is 0 Å². The molecule has 1 rings (SSSR count). The molecule has 2 amide bonds. The van der Waals surface area contributed by atoms with Gasteiger partial charge in [0.1, 0.15) is 0 Å². The molecule has 122 valence electrons. The molecule has 0 aromatic heterocycles. The van der Waals surface area contributed by atoms with Gasteiger partial charge in [-0.3, -0.25) is 14.8 Å². The van der Waals surface area contributed by atoms with Crippen molar-refractivity contribution in [3.8, 4) is 0 Å². The highest BCUT2D eigenvalue weighted by molar-refractivity contribution is 5.90. The van der Waals surface area contributed by atoms with Gasteiger partial charge in [0.05, 0.1) is 0 Å². The van der Waals surface area contributed by atoms with Gasteiger partial charge in [0.15, 0.2) is 0 Å². The molecule has 0 atom stereocenters. The summed E-state index contributed by atoms with van der Waals surface area (Å²) in [5.41, 5.74) is 3.69. The lowest BCUT2D eigenvalue weighted by Gasteiger charge is -2.08. The zero-order valence-electron chi connectivity index (χ0n) is 13.4. The number of anilines is 1. The Morgan fingerprint density at radius 1 is 0.955 bits per heavy atom. The minimum Gasteiger partial charge on any atom is -0.326 e. The Bertz CT molecular complexity index is 469. The van der Waals surface area contributed by atoms with E-state index in [0.29, 0.717) is 18.8 Å². The number of carbonyl (C=O) groups is 2. The fourth-order valence-corrected chi connectivity index (χ4v) is 2.16. The summed E-state index contributed by atoms with van der Waals surface area (Å²) in [7, 11) is 0. The van der Waals surface area contributed by atoms with Crippen molar-refractivity contribution in [2.45, 2.75) is 58.3 Å². The second kappa shape index (κ2) is 9.95. The predicted molar refractivity (Wildman–Crippen MR) is 86.8 cm³/mol.